The Balaban J connectivity index is 1.73. The molecule has 0 saturated carbocycles. The van der Waals surface area contributed by atoms with Crippen molar-refractivity contribution in [1.82, 2.24) is 10.2 Å². The first kappa shape index (κ1) is 15.5. The Bertz CT molecular complexity index is 855. The molecule has 0 spiro atoms. The van der Waals surface area contributed by atoms with Gasteiger partial charge >= 0.3 is 0 Å². The predicted octanol–water partition coefficient (Wildman–Crippen LogP) is 3.29. The molecule has 2 aromatic carbocycles. The van der Waals surface area contributed by atoms with Crippen LogP contribution in [0.15, 0.2) is 60.8 Å². The number of rotatable bonds is 4. The molecule has 3 aromatic rings. The fourth-order valence-corrected chi connectivity index (χ4v) is 2.29. The van der Waals surface area contributed by atoms with Gasteiger partial charge in [0.25, 0.3) is 5.91 Å². The average molecular weight is 320 g/mol. The lowest BCUT2D eigenvalue weighted by Crippen LogP contribution is -2.12. The molecule has 0 unspecified atom stereocenters. The molecule has 0 aliphatic rings. The van der Waals surface area contributed by atoms with Gasteiger partial charge in [0.05, 0.1) is 5.69 Å². The molecule has 1 heterocycles. The van der Waals surface area contributed by atoms with E-state index in [2.05, 4.69) is 20.8 Å². The summed E-state index contributed by atoms with van der Waals surface area (Å²) < 4.78 is 0. The molecule has 0 saturated heterocycles. The number of amides is 2. The number of aromatic nitrogens is 2. The maximum absolute atomic E-state index is 12.3. The van der Waals surface area contributed by atoms with Gasteiger partial charge in [0, 0.05) is 35.6 Å². The van der Waals surface area contributed by atoms with Crippen LogP contribution in [0.5, 0.6) is 0 Å². The molecule has 2 amide bonds. The zero-order valence-electron chi connectivity index (χ0n) is 13.0. The zero-order chi connectivity index (χ0) is 16.9. The number of nitrogens with zero attached hydrogens (tertiary/aromatic N) is 1. The van der Waals surface area contributed by atoms with Gasteiger partial charge in [-0.1, -0.05) is 12.1 Å². The van der Waals surface area contributed by atoms with E-state index in [0.29, 0.717) is 16.9 Å². The molecule has 6 heteroatoms. The van der Waals surface area contributed by atoms with Crippen molar-refractivity contribution in [2.24, 2.45) is 0 Å². The number of hydrogen-bond acceptors (Lipinski definition) is 3. The number of carbonyl (C=O) groups is 2. The van der Waals surface area contributed by atoms with Crippen LogP contribution in [0, 0.1) is 0 Å². The van der Waals surface area contributed by atoms with E-state index in [1.54, 1.807) is 30.5 Å². The Labute approximate surface area is 138 Å². The topological polar surface area (TPSA) is 86.9 Å². The molecule has 6 nitrogen and oxygen atoms in total. The summed E-state index contributed by atoms with van der Waals surface area (Å²) in [6.07, 6.45) is 1.68. The monoisotopic (exact) mass is 320 g/mol. The van der Waals surface area contributed by atoms with Crippen LogP contribution in [-0.4, -0.2) is 22.0 Å². The van der Waals surface area contributed by atoms with E-state index in [0.717, 1.165) is 11.3 Å². The van der Waals surface area contributed by atoms with Crippen LogP contribution in [0.4, 0.5) is 11.4 Å². The van der Waals surface area contributed by atoms with Crippen LogP contribution < -0.4 is 10.6 Å². The van der Waals surface area contributed by atoms with E-state index in [-0.39, 0.29) is 11.8 Å². The molecule has 120 valence electrons. The van der Waals surface area contributed by atoms with Crippen LogP contribution in [0.1, 0.15) is 17.3 Å². The molecule has 24 heavy (non-hydrogen) atoms. The summed E-state index contributed by atoms with van der Waals surface area (Å²) in [5.41, 5.74) is 3.67. The smallest absolute Gasteiger partial charge is 0.255 e. The number of H-pyrrole nitrogens is 1. The van der Waals surface area contributed by atoms with Gasteiger partial charge in [-0.15, -0.1) is 0 Å². The van der Waals surface area contributed by atoms with Crippen molar-refractivity contribution in [1.29, 1.82) is 0 Å². The number of anilines is 2. The van der Waals surface area contributed by atoms with Crippen molar-refractivity contribution >= 4 is 23.2 Å². The highest BCUT2D eigenvalue weighted by molar-refractivity contribution is 6.04. The highest BCUT2D eigenvalue weighted by atomic mass is 16.2. The van der Waals surface area contributed by atoms with Crippen molar-refractivity contribution in [2.75, 3.05) is 10.6 Å². The number of nitrogens with one attached hydrogen (secondary N) is 3. The van der Waals surface area contributed by atoms with E-state index >= 15 is 0 Å². The fourth-order valence-electron chi connectivity index (χ4n) is 2.29. The minimum Gasteiger partial charge on any atom is -0.326 e. The Morgan fingerprint density at radius 3 is 2.42 bits per heavy atom. The Morgan fingerprint density at radius 2 is 1.75 bits per heavy atom. The highest BCUT2D eigenvalue weighted by Gasteiger charge is 2.07. The van der Waals surface area contributed by atoms with Crippen molar-refractivity contribution < 1.29 is 9.59 Å². The second-order valence-electron chi connectivity index (χ2n) is 5.26. The normalized spacial score (nSPS) is 10.2. The second kappa shape index (κ2) is 6.78. The number of hydrogen-bond donors (Lipinski definition) is 3. The van der Waals surface area contributed by atoms with Crippen molar-refractivity contribution in [2.45, 2.75) is 6.92 Å². The number of carbonyl (C=O) groups excluding carboxylic acids is 2. The van der Waals surface area contributed by atoms with Gasteiger partial charge in [-0.2, -0.15) is 5.10 Å². The molecule has 1 aromatic heterocycles. The van der Waals surface area contributed by atoms with Crippen molar-refractivity contribution in [3.8, 4) is 11.3 Å². The predicted molar refractivity (Wildman–Crippen MR) is 92.7 cm³/mol. The third-order valence-corrected chi connectivity index (χ3v) is 3.40. The van der Waals surface area contributed by atoms with Gasteiger partial charge in [-0.3, -0.25) is 14.7 Å². The number of aromatic amines is 1. The van der Waals surface area contributed by atoms with Gasteiger partial charge in [0.1, 0.15) is 0 Å². The minimum atomic E-state index is -0.217. The van der Waals surface area contributed by atoms with Gasteiger partial charge in [0.15, 0.2) is 0 Å². The van der Waals surface area contributed by atoms with E-state index in [1.807, 2.05) is 30.3 Å². The van der Waals surface area contributed by atoms with Crippen LogP contribution in [0.2, 0.25) is 0 Å². The molecule has 0 aliphatic carbocycles. The third kappa shape index (κ3) is 3.67. The molecule has 0 fully saturated rings. The lowest BCUT2D eigenvalue weighted by atomic mass is 10.1. The molecule has 3 rings (SSSR count). The lowest BCUT2D eigenvalue weighted by molar-refractivity contribution is -0.114. The summed E-state index contributed by atoms with van der Waals surface area (Å²) in [6, 6.07) is 16.1. The Kier molecular flexibility index (Phi) is 4.38. The molecule has 0 atom stereocenters. The quantitative estimate of drug-likeness (QED) is 0.689. The maximum atomic E-state index is 12.3. The summed E-state index contributed by atoms with van der Waals surface area (Å²) in [5, 5.41) is 12.3. The zero-order valence-corrected chi connectivity index (χ0v) is 13.0. The Hall–Kier alpha value is -3.41. The average Bonchev–Trinajstić information content (AvgIpc) is 3.10. The highest BCUT2D eigenvalue weighted by Crippen LogP contribution is 2.21. The maximum Gasteiger partial charge on any atom is 0.255 e. The first-order valence-corrected chi connectivity index (χ1v) is 7.40. The van der Waals surface area contributed by atoms with E-state index in [1.165, 1.54) is 6.92 Å². The van der Waals surface area contributed by atoms with Crippen LogP contribution >= 0.6 is 0 Å². The SMILES string of the molecule is CC(=O)Nc1ccc(C(=O)Nc2cccc(-c3ccn[nH]3)c2)cc1. The fraction of sp³-hybridized carbons (Fsp3) is 0.0556. The summed E-state index contributed by atoms with van der Waals surface area (Å²) in [7, 11) is 0. The standard InChI is InChI=1S/C18H16N4O2/c1-12(23)20-15-7-5-13(6-8-15)18(24)21-16-4-2-3-14(11-16)17-9-10-19-22-17/h2-11H,1H3,(H,19,22)(H,20,23)(H,21,24). The molecule has 0 bridgehead atoms. The van der Waals surface area contributed by atoms with Crippen LogP contribution in [-0.2, 0) is 4.79 Å². The minimum absolute atomic E-state index is 0.150. The van der Waals surface area contributed by atoms with Crippen LogP contribution in [0.3, 0.4) is 0 Å². The number of benzene rings is 2. The lowest BCUT2D eigenvalue weighted by Gasteiger charge is -2.08. The van der Waals surface area contributed by atoms with Crippen molar-refractivity contribution in [3.05, 3.63) is 66.4 Å². The van der Waals surface area contributed by atoms with E-state index in [9.17, 15) is 9.59 Å². The van der Waals surface area contributed by atoms with Gasteiger partial charge in [-0.05, 0) is 42.5 Å². The summed E-state index contributed by atoms with van der Waals surface area (Å²) in [5.74, 6) is -0.367. The second-order valence-corrected chi connectivity index (χ2v) is 5.26. The molecular formula is C18H16N4O2. The van der Waals surface area contributed by atoms with Gasteiger partial charge < -0.3 is 10.6 Å². The third-order valence-electron chi connectivity index (χ3n) is 3.40. The first-order chi connectivity index (χ1) is 11.6. The molecule has 3 N–H and O–H groups in total. The molecular weight excluding hydrogens is 304 g/mol. The summed E-state index contributed by atoms with van der Waals surface area (Å²) in [6.45, 7) is 1.44. The van der Waals surface area contributed by atoms with Crippen LogP contribution in [0.25, 0.3) is 11.3 Å². The van der Waals surface area contributed by atoms with E-state index < -0.39 is 0 Å². The van der Waals surface area contributed by atoms with Gasteiger partial charge in [0.2, 0.25) is 5.91 Å². The van der Waals surface area contributed by atoms with E-state index in [4.69, 9.17) is 0 Å². The summed E-state index contributed by atoms with van der Waals surface area (Å²) >= 11 is 0. The van der Waals surface area contributed by atoms with Gasteiger partial charge in [-0.25, -0.2) is 0 Å². The molecule has 0 radical (unpaired) electrons. The first-order valence-electron chi connectivity index (χ1n) is 7.40. The summed E-state index contributed by atoms with van der Waals surface area (Å²) in [4.78, 5) is 23.3. The Morgan fingerprint density at radius 1 is 0.958 bits per heavy atom. The largest absolute Gasteiger partial charge is 0.326 e. The van der Waals surface area contributed by atoms with Crippen molar-refractivity contribution in [3.63, 3.8) is 0 Å². The molecule has 0 aliphatic heterocycles.